The number of benzene rings is 5. The van der Waals surface area contributed by atoms with E-state index in [9.17, 15) is 39.6 Å². The maximum atomic E-state index is 11.4. The van der Waals surface area contributed by atoms with Gasteiger partial charge in [-0.25, -0.2) is 19.2 Å². The predicted octanol–water partition coefficient (Wildman–Crippen LogP) is 5.59. The molecule has 0 bridgehead atoms. The molecule has 0 atom stereocenters. The first-order valence-corrected chi connectivity index (χ1v) is 12.3. The quantitative estimate of drug-likeness (QED) is 0.166. The highest BCUT2D eigenvalue weighted by molar-refractivity contribution is 6.03. The summed E-state index contributed by atoms with van der Waals surface area (Å²) in [4.78, 5) is 45.8. The number of hydrogen-bond donors (Lipinski definition) is 4. The first-order chi connectivity index (χ1) is 20.1. The van der Waals surface area contributed by atoms with Crippen molar-refractivity contribution in [3.05, 3.63) is 129 Å². The first kappa shape index (κ1) is 27.2. The molecule has 0 amide bonds. The van der Waals surface area contributed by atoms with Crippen LogP contribution in [0.5, 0.6) is 0 Å². The molecular weight excluding hydrogens is 536 g/mol. The van der Waals surface area contributed by atoms with E-state index in [1.165, 1.54) is 24.3 Å². The molecule has 0 heterocycles. The van der Waals surface area contributed by atoms with Crippen LogP contribution in [0, 0.1) is 23.7 Å². The predicted molar refractivity (Wildman–Crippen MR) is 154 cm³/mol. The van der Waals surface area contributed by atoms with Crippen LogP contribution in [-0.4, -0.2) is 44.3 Å². The van der Waals surface area contributed by atoms with Gasteiger partial charge in [-0.05, 0) is 82.2 Å². The van der Waals surface area contributed by atoms with E-state index in [1.54, 1.807) is 12.1 Å². The number of carboxylic acid groups (broad SMARTS) is 4. The molecule has 0 aliphatic rings. The fraction of sp³-hybridized carbons (Fsp3) is 0. The van der Waals surface area contributed by atoms with E-state index in [-0.39, 0.29) is 33.4 Å². The van der Waals surface area contributed by atoms with Crippen LogP contribution >= 0.6 is 0 Å². The molecule has 0 fully saturated rings. The van der Waals surface area contributed by atoms with Crippen LogP contribution < -0.4 is 0 Å². The summed E-state index contributed by atoms with van der Waals surface area (Å²) in [5.74, 6) is 6.81. The Balaban J connectivity index is 1.58. The molecule has 0 aliphatic heterocycles. The summed E-state index contributed by atoms with van der Waals surface area (Å²) in [6.45, 7) is 0. The van der Waals surface area contributed by atoms with Gasteiger partial charge in [-0.2, -0.15) is 0 Å². The summed E-state index contributed by atoms with van der Waals surface area (Å²) in [5.41, 5.74) is 1.10. The van der Waals surface area contributed by atoms with Crippen molar-refractivity contribution >= 4 is 45.4 Å². The smallest absolute Gasteiger partial charge is 0.335 e. The molecule has 5 aromatic carbocycles. The minimum Gasteiger partial charge on any atom is -0.478 e. The topological polar surface area (TPSA) is 149 Å². The van der Waals surface area contributed by atoms with Crippen molar-refractivity contribution in [2.45, 2.75) is 0 Å². The summed E-state index contributed by atoms with van der Waals surface area (Å²) >= 11 is 0. The van der Waals surface area contributed by atoms with E-state index < -0.39 is 23.9 Å². The molecule has 5 aromatic rings. The number of carbonyl (C=O) groups is 4. The third-order valence-corrected chi connectivity index (χ3v) is 6.42. The summed E-state index contributed by atoms with van der Waals surface area (Å²) in [6.07, 6.45) is 0. The van der Waals surface area contributed by atoms with E-state index in [0.29, 0.717) is 11.1 Å². The standard InChI is InChI=1S/C34H18O8/c35-31(36)25-11-19(12-26(15-25)32(37)38)7-9-21-3-1-5-23-17-30-22(4-2-6-24(30)18-29(21)23)10-8-20-13-27(33(39)40)16-28(14-20)34(41)42/h1-6,11-18H,(H,35,36)(H,37,38)(H,39,40)(H,41,42). The molecule has 0 saturated carbocycles. The van der Waals surface area contributed by atoms with Crippen molar-refractivity contribution in [3.63, 3.8) is 0 Å². The Morgan fingerprint density at radius 2 is 0.762 bits per heavy atom. The van der Waals surface area contributed by atoms with Gasteiger partial charge in [-0.3, -0.25) is 0 Å². The number of hydrogen-bond acceptors (Lipinski definition) is 4. The van der Waals surface area contributed by atoms with Gasteiger partial charge in [-0.1, -0.05) is 47.9 Å². The zero-order valence-electron chi connectivity index (χ0n) is 21.5. The summed E-state index contributed by atoms with van der Waals surface area (Å²) in [7, 11) is 0. The largest absolute Gasteiger partial charge is 0.478 e. The van der Waals surface area contributed by atoms with Gasteiger partial charge in [0.2, 0.25) is 0 Å². The first-order valence-electron chi connectivity index (χ1n) is 12.3. The molecule has 0 radical (unpaired) electrons. The van der Waals surface area contributed by atoms with Crippen LogP contribution in [0.15, 0.2) is 84.9 Å². The second kappa shape index (κ2) is 11.0. The van der Waals surface area contributed by atoms with Gasteiger partial charge in [0.15, 0.2) is 0 Å². The normalized spacial score (nSPS) is 10.3. The lowest BCUT2D eigenvalue weighted by atomic mass is 9.97. The molecule has 42 heavy (non-hydrogen) atoms. The van der Waals surface area contributed by atoms with Crippen LogP contribution in [0.25, 0.3) is 21.5 Å². The van der Waals surface area contributed by atoms with Crippen LogP contribution in [0.1, 0.15) is 63.7 Å². The second-order valence-corrected chi connectivity index (χ2v) is 9.22. The van der Waals surface area contributed by atoms with Gasteiger partial charge in [0.25, 0.3) is 0 Å². The lowest BCUT2D eigenvalue weighted by Gasteiger charge is -2.06. The van der Waals surface area contributed by atoms with E-state index in [1.807, 2.05) is 36.4 Å². The molecule has 4 N–H and O–H groups in total. The summed E-state index contributed by atoms with van der Waals surface area (Å²) in [6, 6.07) is 22.3. The second-order valence-electron chi connectivity index (χ2n) is 9.22. The van der Waals surface area contributed by atoms with Gasteiger partial charge in [0.1, 0.15) is 0 Å². The van der Waals surface area contributed by atoms with Gasteiger partial charge in [0, 0.05) is 22.3 Å². The maximum Gasteiger partial charge on any atom is 0.335 e. The number of fused-ring (bicyclic) bond motifs is 2. The van der Waals surface area contributed by atoms with E-state index >= 15 is 0 Å². The van der Waals surface area contributed by atoms with Crippen LogP contribution in [0.4, 0.5) is 0 Å². The van der Waals surface area contributed by atoms with Crippen LogP contribution in [0.2, 0.25) is 0 Å². The fourth-order valence-electron chi connectivity index (χ4n) is 4.44. The molecule has 0 aromatic heterocycles. The van der Waals surface area contributed by atoms with Gasteiger partial charge >= 0.3 is 23.9 Å². The molecule has 0 aliphatic carbocycles. The third-order valence-electron chi connectivity index (χ3n) is 6.42. The highest BCUT2D eigenvalue weighted by Gasteiger charge is 2.12. The Kier molecular flexibility index (Phi) is 7.13. The van der Waals surface area contributed by atoms with Gasteiger partial charge in [-0.15, -0.1) is 0 Å². The lowest BCUT2D eigenvalue weighted by molar-refractivity contribution is 0.0676. The molecule has 5 rings (SSSR count). The minimum absolute atomic E-state index is 0.175. The molecule has 8 nitrogen and oxygen atoms in total. The Hall–Kier alpha value is -6.38. The Morgan fingerprint density at radius 3 is 1.07 bits per heavy atom. The Bertz CT molecular complexity index is 1900. The van der Waals surface area contributed by atoms with Crippen LogP contribution in [-0.2, 0) is 0 Å². The minimum atomic E-state index is -1.26. The summed E-state index contributed by atoms with van der Waals surface area (Å²) < 4.78 is 0. The highest BCUT2D eigenvalue weighted by atomic mass is 16.4. The van der Waals surface area contributed by atoms with Gasteiger partial charge in [0.05, 0.1) is 22.3 Å². The van der Waals surface area contributed by atoms with Gasteiger partial charge < -0.3 is 20.4 Å². The van der Waals surface area contributed by atoms with Crippen molar-refractivity contribution in [3.8, 4) is 23.7 Å². The van der Waals surface area contributed by atoms with Crippen molar-refractivity contribution in [1.29, 1.82) is 0 Å². The monoisotopic (exact) mass is 554 g/mol. The Labute approximate surface area is 238 Å². The molecule has 8 heteroatoms. The fourth-order valence-corrected chi connectivity index (χ4v) is 4.44. The lowest BCUT2D eigenvalue weighted by Crippen LogP contribution is -2.03. The molecule has 0 spiro atoms. The molecule has 0 saturated heterocycles. The SMILES string of the molecule is O=C(O)c1cc(C#Cc2cccc3cc4c(C#Cc5cc(C(=O)O)cc(C(=O)O)c5)cccc4cc23)cc(C(=O)O)c1. The molecule has 202 valence electrons. The van der Waals surface area contributed by atoms with Crippen molar-refractivity contribution in [1.82, 2.24) is 0 Å². The van der Waals surface area contributed by atoms with Crippen molar-refractivity contribution in [2.24, 2.45) is 0 Å². The number of rotatable bonds is 4. The van der Waals surface area contributed by atoms with Crippen LogP contribution in [0.3, 0.4) is 0 Å². The van der Waals surface area contributed by atoms with E-state index in [2.05, 4.69) is 23.7 Å². The maximum absolute atomic E-state index is 11.4. The molecular formula is C34H18O8. The average Bonchev–Trinajstić information content (AvgIpc) is 2.97. The zero-order valence-corrected chi connectivity index (χ0v) is 21.5. The average molecular weight is 555 g/mol. The van der Waals surface area contributed by atoms with Crippen molar-refractivity contribution in [2.75, 3.05) is 0 Å². The van der Waals surface area contributed by atoms with Crippen molar-refractivity contribution < 1.29 is 39.6 Å². The van der Waals surface area contributed by atoms with E-state index in [0.717, 1.165) is 33.7 Å². The highest BCUT2D eigenvalue weighted by Crippen LogP contribution is 2.27. The molecule has 0 unspecified atom stereocenters. The summed E-state index contributed by atoms with van der Waals surface area (Å²) in [5, 5.41) is 40.7. The Morgan fingerprint density at radius 1 is 0.429 bits per heavy atom. The zero-order chi connectivity index (χ0) is 30.0. The number of aromatic carboxylic acids is 4. The number of carboxylic acids is 4. The third kappa shape index (κ3) is 5.64. The van der Waals surface area contributed by atoms with E-state index in [4.69, 9.17) is 0 Å².